The van der Waals surface area contributed by atoms with E-state index < -0.39 is 0 Å². The van der Waals surface area contributed by atoms with Gasteiger partial charge in [0.2, 0.25) is 0 Å². The third-order valence-corrected chi connectivity index (χ3v) is 12.0. The molecular formula is C55H52BN5. The quantitative estimate of drug-likeness (QED) is 0.174. The predicted octanol–water partition coefficient (Wildman–Crippen LogP) is 12.5. The van der Waals surface area contributed by atoms with E-state index in [4.69, 9.17) is 4.98 Å². The lowest BCUT2D eigenvalue weighted by molar-refractivity contribution is 0.183. The average molecular weight is 794 g/mol. The predicted molar refractivity (Wildman–Crippen MR) is 259 cm³/mol. The average Bonchev–Trinajstić information content (AvgIpc) is 3.29. The van der Waals surface area contributed by atoms with Gasteiger partial charge in [0.1, 0.15) is 11.6 Å². The molecule has 5 heterocycles. The summed E-state index contributed by atoms with van der Waals surface area (Å²) in [5.74, 6) is 1.90. The third kappa shape index (κ3) is 8.37. The summed E-state index contributed by atoms with van der Waals surface area (Å²) in [6, 6.07) is 63.5. The number of aromatic nitrogens is 2. The van der Waals surface area contributed by atoms with Crippen molar-refractivity contribution in [2.45, 2.75) is 58.0 Å². The van der Waals surface area contributed by atoms with Crippen molar-refractivity contribution in [3.05, 3.63) is 194 Å². The van der Waals surface area contributed by atoms with E-state index >= 15 is 0 Å². The second kappa shape index (κ2) is 17.1. The van der Waals surface area contributed by atoms with Crippen LogP contribution in [0.3, 0.4) is 0 Å². The van der Waals surface area contributed by atoms with Crippen LogP contribution in [0.2, 0.25) is 0 Å². The molecule has 11 rings (SSSR count). The molecule has 1 fully saturated rings. The molecule has 6 heteroatoms. The van der Waals surface area contributed by atoms with Crippen LogP contribution in [-0.2, 0) is 0 Å². The van der Waals surface area contributed by atoms with Gasteiger partial charge in [0.25, 0.3) is 0 Å². The summed E-state index contributed by atoms with van der Waals surface area (Å²) in [5, 5.41) is 7.16. The largest absolute Gasteiger partial charge is 0.361 e. The lowest BCUT2D eigenvalue weighted by Crippen LogP contribution is -2.59. The highest BCUT2D eigenvalue weighted by molar-refractivity contribution is 6.92. The highest BCUT2D eigenvalue weighted by Gasteiger charge is 2.42. The van der Waals surface area contributed by atoms with Gasteiger partial charge < -0.3 is 15.4 Å². The van der Waals surface area contributed by atoms with E-state index in [-0.39, 0.29) is 6.85 Å². The second-order valence-electron chi connectivity index (χ2n) is 17.4. The zero-order valence-corrected chi connectivity index (χ0v) is 35.5. The number of nitrogens with zero attached hydrogens (tertiary/aromatic N) is 3. The van der Waals surface area contributed by atoms with Crippen LogP contribution < -0.4 is 26.4 Å². The van der Waals surface area contributed by atoms with E-state index in [1.807, 2.05) is 54.9 Å². The molecule has 1 saturated heterocycles. The summed E-state index contributed by atoms with van der Waals surface area (Å²) in [5.41, 5.74) is 15.3. The minimum atomic E-state index is 0.153. The zero-order chi connectivity index (χ0) is 41.8. The van der Waals surface area contributed by atoms with E-state index in [1.165, 1.54) is 63.7 Å². The van der Waals surface area contributed by atoms with Gasteiger partial charge in [-0.3, -0.25) is 0 Å². The number of anilines is 4. The first kappa shape index (κ1) is 39.7. The van der Waals surface area contributed by atoms with Crippen molar-refractivity contribution in [3.8, 4) is 44.5 Å². The summed E-state index contributed by atoms with van der Waals surface area (Å²) < 4.78 is 0. The van der Waals surface area contributed by atoms with Gasteiger partial charge in [-0.15, -0.1) is 0 Å². The molecule has 3 aliphatic heterocycles. The van der Waals surface area contributed by atoms with Crippen molar-refractivity contribution >= 4 is 40.8 Å². The van der Waals surface area contributed by atoms with Crippen molar-refractivity contribution in [1.82, 2.24) is 15.3 Å². The molecule has 5 nitrogen and oxygen atoms in total. The Hall–Kier alpha value is -6.76. The lowest BCUT2D eigenvalue weighted by Gasteiger charge is -2.42. The topological polar surface area (TPSA) is 53.1 Å². The first-order valence-corrected chi connectivity index (χ1v) is 21.5. The number of para-hydroxylation sites is 2. The van der Waals surface area contributed by atoms with Crippen molar-refractivity contribution in [1.29, 1.82) is 0 Å². The molecule has 0 unspecified atom stereocenters. The van der Waals surface area contributed by atoms with Crippen LogP contribution in [0, 0.1) is 0 Å². The highest BCUT2D eigenvalue weighted by atomic mass is 15.2. The SMILES string of the molecule is CC1(C)CCCC(C)(C)N1.c1ccc(-c2ccccc2Nc2ncccc2-c2ccccc2)cc1.c1ccc2c(c1)B1c3ccccc3-c3cccnc3N1c1ccccc1-2. The van der Waals surface area contributed by atoms with Gasteiger partial charge in [0.05, 0.1) is 0 Å². The summed E-state index contributed by atoms with van der Waals surface area (Å²) in [6.07, 6.45) is 7.71. The Labute approximate surface area is 361 Å². The molecule has 300 valence electrons. The van der Waals surface area contributed by atoms with Gasteiger partial charge in [-0.1, -0.05) is 146 Å². The number of hydrogen-bond acceptors (Lipinski definition) is 5. The first-order valence-electron chi connectivity index (χ1n) is 21.5. The van der Waals surface area contributed by atoms with Crippen LogP contribution in [-0.4, -0.2) is 27.9 Å². The molecule has 0 radical (unpaired) electrons. The van der Waals surface area contributed by atoms with E-state index in [1.54, 1.807) is 0 Å². The van der Waals surface area contributed by atoms with Gasteiger partial charge in [-0.25, -0.2) is 9.97 Å². The molecule has 8 aromatic rings. The molecule has 0 atom stereocenters. The van der Waals surface area contributed by atoms with Gasteiger partial charge in [-0.2, -0.15) is 0 Å². The van der Waals surface area contributed by atoms with Crippen molar-refractivity contribution < 1.29 is 0 Å². The van der Waals surface area contributed by atoms with Gasteiger partial charge in [-0.05, 0) is 117 Å². The Bertz CT molecular complexity index is 2490. The molecule has 0 spiro atoms. The standard InChI is InChI=1S/C23H15BN2.C23H18N2.C9H19N/c1-4-12-20-16(8-1)18-10-3-6-14-22(18)26-23-19(11-7-15-25-23)17-9-2-5-13-21(17)24(20)26;1-3-10-18(11-4-1)20-14-7-8-16-22(20)25-23-21(15-9-17-24-23)19-12-5-2-6-13-19;1-8(2)6-5-7-9(3,4)10-8/h1-15H;1-17H,(H,24,25);10H,5-7H2,1-4H3. The van der Waals surface area contributed by atoms with E-state index in [0.29, 0.717) is 11.1 Å². The fourth-order valence-electron chi connectivity index (χ4n) is 9.45. The molecule has 2 N–H and O–H groups in total. The number of hydrogen-bond donors (Lipinski definition) is 2. The van der Waals surface area contributed by atoms with E-state index in [9.17, 15) is 0 Å². The number of benzene rings is 6. The van der Waals surface area contributed by atoms with Crippen LogP contribution in [0.4, 0.5) is 23.0 Å². The smallest absolute Gasteiger partial charge is 0.330 e. The number of fused-ring (bicyclic) bond motifs is 11. The summed E-state index contributed by atoms with van der Waals surface area (Å²) in [4.78, 5) is 11.8. The summed E-state index contributed by atoms with van der Waals surface area (Å²) >= 11 is 0. The molecule has 61 heavy (non-hydrogen) atoms. The van der Waals surface area contributed by atoms with Gasteiger partial charge >= 0.3 is 6.85 Å². The number of rotatable bonds is 4. The number of piperidine rings is 1. The number of pyridine rings is 2. The van der Waals surface area contributed by atoms with Crippen molar-refractivity contribution in [2.75, 3.05) is 10.1 Å². The van der Waals surface area contributed by atoms with Crippen LogP contribution in [0.25, 0.3) is 44.5 Å². The molecule has 0 aliphatic carbocycles. The molecule has 2 aromatic heterocycles. The van der Waals surface area contributed by atoms with E-state index in [0.717, 1.165) is 34.0 Å². The van der Waals surface area contributed by atoms with Crippen LogP contribution in [0.1, 0.15) is 47.0 Å². The van der Waals surface area contributed by atoms with Gasteiger partial charge in [0, 0.05) is 57.1 Å². The van der Waals surface area contributed by atoms with Gasteiger partial charge in [0.15, 0.2) is 0 Å². The fraction of sp³-hybridized carbons (Fsp3) is 0.164. The summed E-state index contributed by atoms with van der Waals surface area (Å²) in [7, 11) is 0. The van der Waals surface area contributed by atoms with Crippen molar-refractivity contribution in [3.63, 3.8) is 0 Å². The van der Waals surface area contributed by atoms with Crippen LogP contribution in [0.5, 0.6) is 0 Å². The first-order chi connectivity index (χ1) is 29.8. The fourth-order valence-corrected chi connectivity index (χ4v) is 9.45. The minimum Gasteiger partial charge on any atom is -0.361 e. The molecule has 0 bridgehead atoms. The Morgan fingerprint density at radius 3 is 1.57 bits per heavy atom. The highest BCUT2D eigenvalue weighted by Crippen LogP contribution is 2.44. The zero-order valence-electron chi connectivity index (χ0n) is 35.5. The third-order valence-electron chi connectivity index (χ3n) is 12.0. The van der Waals surface area contributed by atoms with Crippen LogP contribution >= 0.6 is 0 Å². The number of nitrogens with one attached hydrogen (secondary N) is 2. The minimum absolute atomic E-state index is 0.153. The second-order valence-corrected chi connectivity index (χ2v) is 17.4. The molecule has 0 saturated carbocycles. The lowest BCUT2D eigenvalue weighted by atomic mass is 9.43. The Morgan fingerprint density at radius 2 is 0.951 bits per heavy atom. The normalized spacial score (nSPS) is 14.8. The molecule has 6 aromatic carbocycles. The molecule has 3 aliphatic rings. The monoisotopic (exact) mass is 793 g/mol. The van der Waals surface area contributed by atoms with Crippen molar-refractivity contribution in [2.24, 2.45) is 0 Å². The Balaban J connectivity index is 0.000000128. The maximum absolute atomic E-state index is 4.80. The Kier molecular flexibility index (Phi) is 11.1. The molecule has 0 amide bonds. The maximum atomic E-state index is 4.80. The Morgan fingerprint density at radius 1 is 0.475 bits per heavy atom. The maximum Gasteiger partial charge on any atom is 0.330 e. The summed E-state index contributed by atoms with van der Waals surface area (Å²) in [6.45, 7) is 9.30. The molecular weight excluding hydrogens is 741 g/mol. The van der Waals surface area contributed by atoms with E-state index in [2.05, 4.69) is 188 Å². The van der Waals surface area contributed by atoms with Crippen LogP contribution in [0.15, 0.2) is 194 Å².